The van der Waals surface area contributed by atoms with Gasteiger partial charge in [0.15, 0.2) is 0 Å². The second-order valence-electron chi connectivity index (χ2n) is 7.56. The molecule has 4 aromatic rings. The van der Waals surface area contributed by atoms with Crippen molar-refractivity contribution >= 4 is 33.5 Å². The molecular formula is C24H22FN3O3. The summed E-state index contributed by atoms with van der Waals surface area (Å²) in [5.41, 5.74) is 3.47. The number of carbonyl (C=O) groups is 1. The number of ether oxygens (including phenoxy) is 2. The standard InChI is InChI=1S/C24H22FN3O3/c1-15-26-23-19(24(29)30-2)13-16(27-9-11-31-12-10-27)14-22(23)28(15)21-8-7-20(25)17-5-3-4-6-18(17)21/h3-8,13-14H,9-12H2,1-2H3. The highest BCUT2D eigenvalue weighted by Crippen LogP contribution is 2.33. The van der Waals surface area contributed by atoms with Gasteiger partial charge in [0.1, 0.15) is 17.2 Å². The molecule has 0 aliphatic carbocycles. The van der Waals surface area contributed by atoms with Crippen LogP contribution in [-0.4, -0.2) is 48.9 Å². The van der Waals surface area contributed by atoms with Crippen LogP contribution in [0.4, 0.5) is 10.1 Å². The minimum Gasteiger partial charge on any atom is -0.465 e. The molecule has 0 spiro atoms. The predicted octanol–water partition coefficient (Wildman–Crippen LogP) is 4.25. The zero-order chi connectivity index (χ0) is 21.5. The molecule has 0 saturated carbocycles. The van der Waals surface area contributed by atoms with Crippen molar-refractivity contribution in [2.75, 3.05) is 38.3 Å². The molecule has 6 nitrogen and oxygen atoms in total. The summed E-state index contributed by atoms with van der Waals surface area (Å²) in [4.78, 5) is 19.5. The number of benzene rings is 3. The maximum absolute atomic E-state index is 14.4. The first-order valence-electron chi connectivity index (χ1n) is 10.2. The molecule has 158 valence electrons. The van der Waals surface area contributed by atoms with Crippen molar-refractivity contribution in [1.29, 1.82) is 0 Å². The molecule has 1 aromatic heterocycles. The number of aromatic nitrogens is 2. The summed E-state index contributed by atoms with van der Waals surface area (Å²) in [5, 5.41) is 1.32. The van der Waals surface area contributed by atoms with Gasteiger partial charge in [-0.25, -0.2) is 14.2 Å². The van der Waals surface area contributed by atoms with Gasteiger partial charge >= 0.3 is 5.97 Å². The highest BCUT2D eigenvalue weighted by atomic mass is 19.1. The minimum absolute atomic E-state index is 0.273. The molecule has 1 fully saturated rings. The van der Waals surface area contributed by atoms with Crippen LogP contribution >= 0.6 is 0 Å². The lowest BCUT2D eigenvalue weighted by Crippen LogP contribution is -2.36. The van der Waals surface area contributed by atoms with Crippen molar-refractivity contribution in [2.24, 2.45) is 0 Å². The van der Waals surface area contributed by atoms with Crippen molar-refractivity contribution in [1.82, 2.24) is 9.55 Å². The van der Waals surface area contributed by atoms with Gasteiger partial charge in [0.25, 0.3) is 0 Å². The van der Waals surface area contributed by atoms with E-state index in [1.807, 2.05) is 41.8 Å². The van der Waals surface area contributed by atoms with Crippen LogP contribution in [0, 0.1) is 12.7 Å². The Balaban J connectivity index is 1.81. The van der Waals surface area contributed by atoms with Gasteiger partial charge in [-0.15, -0.1) is 0 Å². The lowest BCUT2D eigenvalue weighted by molar-refractivity contribution is 0.0603. The van der Waals surface area contributed by atoms with E-state index in [0.29, 0.717) is 35.5 Å². The van der Waals surface area contributed by atoms with E-state index in [4.69, 9.17) is 14.5 Å². The quantitative estimate of drug-likeness (QED) is 0.465. The fourth-order valence-electron chi connectivity index (χ4n) is 4.29. The van der Waals surface area contributed by atoms with Crippen molar-refractivity contribution in [3.8, 4) is 5.69 Å². The molecule has 1 aliphatic rings. The Morgan fingerprint density at radius 1 is 1.10 bits per heavy atom. The van der Waals surface area contributed by atoms with E-state index >= 15 is 0 Å². The maximum atomic E-state index is 14.4. The summed E-state index contributed by atoms with van der Waals surface area (Å²) in [6.45, 7) is 4.62. The zero-order valence-electron chi connectivity index (χ0n) is 17.4. The summed E-state index contributed by atoms with van der Waals surface area (Å²) in [5.74, 6) is -0.00422. The van der Waals surface area contributed by atoms with Gasteiger partial charge in [0.2, 0.25) is 0 Å². The average molecular weight is 419 g/mol. The number of morpholine rings is 1. The normalized spacial score (nSPS) is 14.4. The van der Waals surface area contributed by atoms with E-state index < -0.39 is 5.97 Å². The van der Waals surface area contributed by atoms with E-state index in [1.165, 1.54) is 13.2 Å². The molecule has 31 heavy (non-hydrogen) atoms. The summed E-state index contributed by atoms with van der Waals surface area (Å²) < 4.78 is 26.9. The van der Waals surface area contributed by atoms with Crippen LogP contribution in [0.15, 0.2) is 48.5 Å². The number of rotatable bonds is 3. The van der Waals surface area contributed by atoms with Crippen LogP contribution in [0.3, 0.4) is 0 Å². The van der Waals surface area contributed by atoms with Gasteiger partial charge in [0, 0.05) is 29.5 Å². The Kier molecular flexibility index (Phi) is 4.82. The van der Waals surface area contributed by atoms with Gasteiger partial charge in [-0.2, -0.15) is 0 Å². The number of methoxy groups -OCH3 is 1. The Hall–Kier alpha value is -3.45. The van der Waals surface area contributed by atoms with Crippen molar-refractivity contribution in [3.05, 3.63) is 65.7 Å². The Labute approximate surface area is 178 Å². The van der Waals surface area contributed by atoms with Crippen LogP contribution in [-0.2, 0) is 9.47 Å². The van der Waals surface area contributed by atoms with Crippen LogP contribution in [0.5, 0.6) is 0 Å². The first-order chi connectivity index (χ1) is 15.1. The molecule has 0 N–H and O–H groups in total. The second-order valence-corrected chi connectivity index (χ2v) is 7.56. The van der Waals surface area contributed by atoms with Crippen LogP contribution < -0.4 is 4.90 Å². The van der Waals surface area contributed by atoms with Crippen molar-refractivity contribution < 1.29 is 18.7 Å². The summed E-state index contributed by atoms with van der Waals surface area (Å²) in [6.07, 6.45) is 0. The number of hydrogen-bond donors (Lipinski definition) is 0. The van der Waals surface area contributed by atoms with Gasteiger partial charge < -0.3 is 14.4 Å². The topological polar surface area (TPSA) is 56.6 Å². The predicted molar refractivity (Wildman–Crippen MR) is 118 cm³/mol. The largest absolute Gasteiger partial charge is 0.465 e. The Morgan fingerprint density at radius 3 is 2.58 bits per heavy atom. The molecule has 7 heteroatoms. The maximum Gasteiger partial charge on any atom is 0.340 e. The number of hydrogen-bond acceptors (Lipinski definition) is 5. The monoisotopic (exact) mass is 419 g/mol. The molecular weight excluding hydrogens is 397 g/mol. The summed E-state index contributed by atoms with van der Waals surface area (Å²) in [7, 11) is 1.37. The molecule has 0 bridgehead atoms. The second kappa shape index (κ2) is 7.67. The first-order valence-corrected chi connectivity index (χ1v) is 10.2. The van der Waals surface area contributed by atoms with E-state index in [1.54, 1.807) is 12.1 Å². The van der Waals surface area contributed by atoms with Crippen molar-refractivity contribution in [3.63, 3.8) is 0 Å². The third-order valence-corrected chi connectivity index (χ3v) is 5.78. The number of carbonyl (C=O) groups excluding carboxylic acids is 1. The lowest BCUT2D eigenvalue weighted by atomic mass is 10.1. The number of nitrogens with zero attached hydrogens (tertiary/aromatic N) is 3. The number of esters is 1. The first kappa shape index (κ1) is 19.5. The van der Waals surface area contributed by atoms with Gasteiger partial charge in [-0.3, -0.25) is 4.57 Å². The molecule has 5 rings (SSSR count). The smallest absolute Gasteiger partial charge is 0.340 e. The Bertz CT molecular complexity index is 1310. The van der Waals surface area contributed by atoms with E-state index in [-0.39, 0.29) is 5.82 Å². The van der Waals surface area contributed by atoms with Gasteiger partial charge in [-0.1, -0.05) is 24.3 Å². The van der Waals surface area contributed by atoms with Gasteiger partial charge in [0.05, 0.1) is 37.1 Å². The molecule has 0 amide bonds. The highest BCUT2D eigenvalue weighted by molar-refractivity contribution is 6.05. The Morgan fingerprint density at radius 2 is 1.84 bits per heavy atom. The fourth-order valence-corrected chi connectivity index (χ4v) is 4.29. The molecule has 0 atom stereocenters. The summed E-state index contributed by atoms with van der Waals surface area (Å²) in [6, 6.07) is 14.5. The lowest BCUT2D eigenvalue weighted by Gasteiger charge is -2.29. The molecule has 1 aliphatic heterocycles. The number of imidazole rings is 1. The van der Waals surface area contributed by atoms with E-state index in [9.17, 15) is 9.18 Å². The number of halogens is 1. The number of aryl methyl sites for hydroxylation is 1. The SMILES string of the molecule is COC(=O)c1cc(N2CCOCC2)cc2c1nc(C)n2-c1ccc(F)c2ccccc12. The fraction of sp³-hybridized carbons (Fsp3) is 0.250. The van der Waals surface area contributed by atoms with Crippen LogP contribution in [0.2, 0.25) is 0 Å². The zero-order valence-corrected chi connectivity index (χ0v) is 17.4. The third-order valence-electron chi connectivity index (χ3n) is 5.78. The molecule has 0 unspecified atom stereocenters. The molecule has 0 radical (unpaired) electrons. The molecule has 2 heterocycles. The van der Waals surface area contributed by atoms with E-state index in [2.05, 4.69) is 4.90 Å². The molecule has 3 aromatic carbocycles. The minimum atomic E-state index is -0.436. The van der Waals surface area contributed by atoms with E-state index in [0.717, 1.165) is 35.4 Å². The summed E-state index contributed by atoms with van der Waals surface area (Å²) >= 11 is 0. The number of anilines is 1. The third kappa shape index (κ3) is 3.21. The van der Waals surface area contributed by atoms with Crippen LogP contribution in [0.25, 0.3) is 27.5 Å². The van der Waals surface area contributed by atoms with Gasteiger partial charge in [-0.05, 0) is 31.2 Å². The molecule has 1 saturated heterocycles. The number of fused-ring (bicyclic) bond motifs is 2. The van der Waals surface area contributed by atoms with Crippen LogP contribution in [0.1, 0.15) is 16.2 Å². The average Bonchev–Trinajstić information content (AvgIpc) is 3.14. The van der Waals surface area contributed by atoms with Crippen molar-refractivity contribution in [2.45, 2.75) is 6.92 Å². The highest BCUT2D eigenvalue weighted by Gasteiger charge is 2.22.